The van der Waals surface area contributed by atoms with Crippen molar-refractivity contribution in [3.05, 3.63) is 35.5 Å². The fourth-order valence-electron chi connectivity index (χ4n) is 1.98. The second-order valence-corrected chi connectivity index (χ2v) is 3.68. The van der Waals surface area contributed by atoms with Gasteiger partial charge in [-0.05, 0) is 18.6 Å². The lowest BCUT2D eigenvalue weighted by Gasteiger charge is -2.07. The number of hydrogen-bond donors (Lipinski definition) is 2. The fourth-order valence-corrected chi connectivity index (χ4v) is 1.98. The van der Waals surface area contributed by atoms with Gasteiger partial charge in [-0.2, -0.15) is 5.26 Å². The molecule has 1 heterocycles. The molecule has 0 saturated carbocycles. The second kappa shape index (κ2) is 3.76. The molecule has 3 heteroatoms. The van der Waals surface area contributed by atoms with Crippen molar-refractivity contribution >= 4 is 10.9 Å². The third-order valence-corrected chi connectivity index (χ3v) is 2.63. The number of nitriles is 1. The van der Waals surface area contributed by atoms with E-state index >= 15 is 0 Å². The van der Waals surface area contributed by atoms with Gasteiger partial charge in [-0.3, -0.25) is 0 Å². The van der Waals surface area contributed by atoms with Crippen molar-refractivity contribution in [1.82, 2.24) is 4.98 Å². The summed E-state index contributed by atoms with van der Waals surface area (Å²) in [5.74, 6) is 0. The number of H-pyrrole nitrogens is 1. The average molecular weight is 199 g/mol. The highest BCUT2D eigenvalue weighted by Gasteiger charge is 2.14. The van der Waals surface area contributed by atoms with Gasteiger partial charge in [-0.15, -0.1) is 0 Å². The average Bonchev–Trinajstić information content (AvgIpc) is 2.54. The summed E-state index contributed by atoms with van der Waals surface area (Å²) in [6.45, 7) is 1.99. The molecule has 1 aromatic heterocycles. The van der Waals surface area contributed by atoms with Gasteiger partial charge in [0.25, 0.3) is 0 Å². The number of nitrogens with one attached hydrogen (secondary N) is 1. The lowest BCUT2D eigenvalue weighted by atomic mass is 10.0. The number of aromatic amines is 1. The molecule has 0 aliphatic heterocycles. The van der Waals surface area contributed by atoms with Crippen molar-refractivity contribution in [2.45, 2.75) is 19.4 Å². The van der Waals surface area contributed by atoms with E-state index in [1.165, 1.54) is 0 Å². The molecule has 0 amide bonds. The Morgan fingerprint density at radius 3 is 2.93 bits per heavy atom. The maximum Gasteiger partial charge on any atom is 0.0641 e. The number of nitrogens with two attached hydrogens (primary N) is 1. The normalized spacial score (nSPS) is 12.6. The first-order chi connectivity index (χ1) is 7.24. The van der Waals surface area contributed by atoms with Crippen LogP contribution in [0.1, 0.15) is 23.7 Å². The number of para-hydroxylation sites is 1. The van der Waals surface area contributed by atoms with Crippen LogP contribution >= 0.6 is 0 Å². The molecule has 15 heavy (non-hydrogen) atoms. The molecule has 3 nitrogen and oxygen atoms in total. The molecule has 1 aromatic carbocycles. The molecule has 0 fully saturated rings. The highest BCUT2D eigenvalue weighted by Crippen LogP contribution is 2.27. The number of aromatic nitrogens is 1. The van der Waals surface area contributed by atoms with Crippen LogP contribution in [0.5, 0.6) is 0 Å². The van der Waals surface area contributed by atoms with Crippen LogP contribution in [0.2, 0.25) is 0 Å². The minimum absolute atomic E-state index is 0.203. The molecule has 1 atom stereocenters. The number of rotatable bonds is 2. The van der Waals surface area contributed by atoms with Crippen LogP contribution in [0.25, 0.3) is 10.9 Å². The lowest BCUT2D eigenvalue weighted by Crippen LogP contribution is -2.09. The monoisotopic (exact) mass is 199 g/mol. The van der Waals surface area contributed by atoms with Gasteiger partial charge >= 0.3 is 0 Å². The highest BCUT2D eigenvalue weighted by atomic mass is 14.7. The fraction of sp³-hybridized carbons (Fsp3) is 0.250. The Kier molecular flexibility index (Phi) is 2.44. The summed E-state index contributed by atoms with van der Waals surface area (Å²) >= 11 is 0. The van der Waals surface area contributed by atoms with E-state index in [1.807, 2.05) is 31.2 Å². The van der Waals surface area contributed by atoms with E-state index in [1.54, 1.807) is 0 Å². The predicted molar refractivity (Wildman–Crippen MR) is 60.2 cm³/mol. The lowest BCUT2D eigenvalue weighted by molar-refractivity contribution is 0.748. The molecule has 0 aliphatic rings. The van der Waals surface area contributed by atoms with Crippen LogP contribution in [-0.4, -0.2) is 4.98 Å². The predicted octanol–water partition coefficient (Wildman–Crippen LogP) is 2.39. The molecular weight excluding hydrogens is 186 g/mol. The van der Waals surface area contributed by atoms with Crippen LogP contribution < -0.4 is 5.73 Å². The quantitative estimate of drug-likeness (QED) is 0.779. The Labute approximate surface area is 88.5 Å². The molecule has 2 aromatic rings. The van der Waals surface area contributed by atoms with E-state index in [2.05, 4.69) is 11.1 Å². The number of benzene rings is 1. The van der Waals surface area contributed by atoms with Crippen LogP contribution in [0, 0.1) is 18.3 Å². The van der Waals surface area contributed by atoms with E-state index in [0.29, 0.717) is 6.42 Å². The molecule has 0 bridgehead atoms. The SMILES string of the molecule is Cc1[nH]c2ccccc2c1C(N)CC#N. The zero-order chi connectivity index (χ0) is 10.8. The van der Waals surface area contributed by atoms with E-state index in [4.69, 9.17) is 11.0 Å². The first-order valence-corrected chi connectivity index (χ1v) is 4.93. The van der Waals surface area contributed by atoms with Crippen LogP contribution in [0.4, 0.5) is 0 Å². The molecule has 0 aliphatic carbocycles. The minimum Gasteiger partial charge on any atom is -0.358 e. The summed E-state index contributed by atoms with van der Waals surface area (Å²) in [5, 5.41) is 9.78. The van der Waals surface area contributed by atoms with E-state index in [-0.39, 0.29) is 6.04 Å². The van der Waals surface area contributed by atoms with Gasteiger partial charge in [-0.25, -0.2) is 0 Å². The van der Waals surface area contributed by atoms with Crippen molar-refractivity contribution in [3.63, 3.8) is 0 Å². The zero-order valence-electron chi connectivity index (χ0n) is 8.62. The van der Waals surface area contributed by atoms with Gasteiger partial charge in [-0.1, -0.05) is 18.2 Å². The highest BCUT2D eigenvalue weighted by molar-refractivity contribution is 5.85. The first-order valence-electron chi connectivity index (χ1n) is 4.93. The molecule has 0 spiro atoms. The number of aryl methyl sites for hydroxylation is 1. The molecule has 2 rings (SSSR count). The summed E-state index contributed by atoms with van der Waals surface area (Å²) in [6.07, 6.45) is 0.350. The molecule has 0 radical (unpaired) electrons. The Balaban J connectivity index is 2.59. The van der Waals surface area contributed by atoms with Gasteiger partial charge < -0.3 is 10.7 Å². The van der Waals surface area contributed by atoms with Crippen LogP contribution in [0.15, 0.2) is 24.3 Å². The van der Waals surface area contributed by atoms with E-state index < -0.39 is 0 Å². The molecule has 76 valence electrons. The summed E-state index contributed by atoms with van der Waals surface area (Å²) in [7, 11) is 0. The Morgan fingerprint density at radius 2 is 2.20 bits per heavy atom. The van der Waals surface area contributed by atoms with E-state index in [9.17, 15) is 0 Å². The van der Waals surface area contributed by atoms with Crippen molar-refractivity contribution < 1.29 is 0 Å². The Morgan fingerprint density at radius 1 is 1.47 bits per heavy atom. The first kappa shape index (κ1) is 9.75. The van der Waals surface area contributed by atoms with Gasteiger partial charge in [0.2, 0.25) is 0 Å². The van der Waals surface area contributed by atoms with Crippen molar-refractivity contribution in [3.8, 4) is 6.07 Å². The van der Waals surface area contributed by atoms with Crippen LogP contribution in [0.3, 0.4) is 0 Å². The number of nitrogens with zero attached hydrogens (tertiary/aromatic N) is 1. The van der Waals surface area contributed by atoms with Crippen molar-refractivity contribution in [2.24, 2.45) is 5.73 Å². The number of hydrogen-bond acceptors (Lipinski definition) is 2. The molecule has 1 unspecified atom stereocenters. The number of fused-ring (bicyclic) bond motifs is 1. The van der Waals surface area contributed by atoms with Crippen molar-refractivity contribution in [2.75, 3.05) is 0 Å². The van der Waals surface area contributed by atoms with Gasteiger partial charge in [0.15, 0.2) is 0 Å². The largest absolute Gasteiger partial charge is 0.358 e. The Bertz CT molecular complexity index is 519. The topological polar surface area (TPSA) is 65.6 Å². The minimum atomic E-state index is -0.203. The zero-order valence-corrected chi connectivity index (χ0v) is 8.62. The second-order valence-electron chi connectivity index (χ2n) is 3.68. The van der Waals surface area contributed by atoms with E-state index in [0.717, 1.165) is 22.2 Å². The summed E-state index contributed by atoms with van der Waals surface area (Å²) in [4.78, 5) is 3.28. The smallest absolute Gasteiger partial charge is 0.0641 e. The third kappa shape index (κ3) is 1.60. The maximum absolute atomic E-state index is 8.66. The summed E-state index contributed by atoms with van der Waals surface area (Å²) in [6, 6.07) is 9.93. The van der Waals surface area contributed by atoms with Gasteiger partial charge in [0, 0.05) is 22.6 Å². The van der Waals surface area contributed by atoms with Gasteiger partial charge in [0.05, 0.1) is 12.5 Å². The molecular formula is C12H13N3. The summed E-state index contributed by atoms with van der Waals surface area (Å²) in [5.41, 5.74) is 9.17. The van der Waals surface area contributed by atoms with Crippen molar-refractivity contribution in [1.29, 1.82) is 5.26 Å². The van der Waals surface area contributed by atoms with Crippen LogP contribution in [-0.2, 0) is 0 Å². The Hall–Kier alpha value is -1.79. The maximum atomic E-state index is 8.66. The summed E-state index contributed by atoms with van der Waals surface area (Å²) < 4.78 is 0. The molecule has 3 N–H and O–H groups in total. The third-order valence-electron chi connectivity index (χ3n) is 2.63. The molecule has 0 saturated heterocycles. The standard InChI is InChI=1S/C12H13N3/c1-8-12(10(14)6-7-13)9-4-2-3-5-11(9)15-8/h2-5,10,15H,6,14H2,1H3. The van der Waals surface area contributed by atoms with Gasteiger partial charge in [0.1, 0.15) is 0 Å².